The summed E-state index contributed by atoms with van der Waals surface area (Å²) in [6.45, 7) is 2.75. The Bertz CT molecular complexity index is 873. The molecule has 1 aliphatic heterocycles. The van der Waals surface area contributed by atoms with Gasteiger partial charge in [-0.25, -0.2) is 9.59 Å². The lowest BCUT2D eigenvalue weighted by molar-refractivity contribution is 0.0526. The third-order valence-electron chi connectivity index (χ3n) is 4.37. The van der Waals surface area contributed by atoms with Gasteiger partial charge < -0.3 is 29.8 Å². The molecule has 1 aromatic heterocycles. The molecule has 0 spiro atoms. The molecule has 0 unspecified atom stereocenters. The summed E-state index contributed by atoms with van der Waals surface area (Å²) in [4.78, 5) is 36.1. The van der Waals surface area contributed by atoms with Crippen LogP contribution < -0.4 is 10.6 Å². The van der Waals surface area contributed by atoms with Crippen molar-refractivity contribution in [2.24, 2.45) is 0 Å². The lowest BCUT2D eigenvalue weighted by atomic mass is 10.1. The minimum atomic E-state index is -0.960. The summed E-state index contributed by atoms with van der Waals surface area (Å²) in [5, 5.41) is 22.1. The van der Waals surface area contributed by atoms with Crippen LogP contribution in [0, 0.1) is 0 Å². The minimum absolute atomic E-state index is 0.0275. The Morgan fingerprint density at radius 3 is 2.52 bits per heavy atom. The van der Waals surface area contributed by atoms with Crippen LogP contribution in [0.25, 0.3) is 0 Å². The largest absolute Gasteiger partial charge is 0.465 e. The fourth-order valence-corrected chi connectivity index (χ4v) is 2.86. The average Bonchev–Trinajstić information content (AvgIpc) is 3.18. The molecule has 1 aliphatic rings. The summed E-state index contributed by atoms with van der Waals surface area (Å²) in [5.41, 5.74) is 1.01. The maximum Gasteiger partial charge on any atom is 0.407 e. The number of hydrogen-bond donors (Lipinski definition) is 3. The first-order valence-electron chi connectivity index (χ1n) is 9.12. The molecule has 3 rings (SSSR count). The van der Waals surface area contributed by atoms with E-state index in [0.29, 0.717) is 43.8 Å². The summed E-state index contributed by atoms with van der Waals surface area (Å²) >= 11 is 0. The topological polar surface area (TPSA) is 147 Å². The molecule has 2 amide bonds. The van der Waals surface area contributed by atoms with Gasteiger partial charge in [0.25, 0.3) is 0 Å². The van der Waals surface area contributed by atoms with Crippen molar-refractivity contribution < 1.29 is 28.6 Å². The van der Waals surface area contributed by atoms with E-state index in [9.17, 15) is 14.4 Å². The summed E-state index contributed by atoms with van der Waals surface area (Å²) in [5.74, 6) is -1.13. The number of piperidine rings is 1. The first-order valence-corrected chi connectivity index (χ1v) is 9.12. The first-order chi connectivity index (χ1) is 14.0. The number of likely N-dealkylation sites (tertiary alicyclic amines) is 1. The quantitative estimate of drug-likeness (QED) is 0.615. The predicted octanol–water partition coefficient (Wildman–Crippen LogP) is 1.86. The molecule has 3 N–H and O–H groups in total. The molecule has 2 heterocycles. The molecule has 0 atom stereocenters. The Balaban J connectivity index is 1.53. The van der Waals surface area contributed by atoms with Gasteiger partial charge in [0, 0.05) is 24.8 Å². The molecule has 0 aliphatic carbocycles. The van der Waals surface area contributed by atoms with Crippen molar-refractivity contribution in [2.75, 3.05) is 25.0 Å². The van der Waals surface area contributed by atoms with Crippen molar-refractivity contribution >= 4 is 29.7 Å². The van der Waals surface area contributed by atoms with E-state index in [2.05, 4.69) is 20.8 Å². The highest BCUT2D eigenvalue weighted by atomic mass is 16.5. The monoisotopic (exact) mass is 403 g/mol. The van der Waals surface area contributed by atoms with Gasteiger partial charge in [-0.3, -0.25) is 4.79 Å². The Hall–Kier alpha value is -3.63. The number of nitrogens with one attached hydrogen (secondary N) is 2. The van der Waals surface area contributed by atoms with Crippen LogP contribution in [-0.2, 0) is 4.74 Å². The third kappa shape index (κ3) is 5.21. The van der Waals surface area contributed by atoms with E-state index >= 15 is 0 Å². The molecular formula is C18H21N5O6. The van der Waals surface area contributed by atoms with Crippen molar-refractivity contribution in [1.82, 2.24) is 20.4 Å². The number of aromatic nitrogens is 2. The van der Waals surface area contributed by atoms with Crippen LogP contribution in [0.1, 0.15) is 40.8 Å². The number of ether oxygens (including phenoxy) is 1. The fraction of sp³-hybridized carbons (Fsp3) is 0.389. The zero-order valence-corrected chi connectivity index (χ0v) is 15.8. The number of rotatable bonds is 6. The zero-order valence-electron chi connectivity index (χ0n) is 15.8. The summed E-state index contributed by atoms with van der Waals surface area (Å²) < 4.78 is 10.2. The van der Waals surface area contributed by atoms with Gasteiger partial charge in [-0.15, -0.1) is 5.10 Å². The van der Waals surface area contributed by atoms with Gasteiger partial charge >= 0.3 is 29.9 Å². The minimum Gasteiger partial charge on any atom is -0.465 e. The van der Waals surface area contributed by atoms with Crippen LogP contribution in [0.4, 0.5) is 16.5 Å². The molecule has 1 fully saturated rings. The number of amides is 2. The van der Waals surface area contributed by atoms with Gasteiger partial charge in [0.05, 0.1) is 12.2 Å². The van der Waals surface area contributed by atoms with E-state index in [1.807, 2.05) is 0 Å². The normalized spacial score (nSPS) is 14.3. The second kappa shape index (κ2) is 9.04. The number of anilines is 2. The third-order valence-corrected chi connectivity index (χ3v) is 4.37. The van der Waals surface area contributed by atoms with Crippen LogP contribution >= 0.6 is 0 Å². The number of benzene rings is 1. The van der Waals surface area contributed by atoms with Gasteiger partial charge in [-0.2, -0.15) is 0 Å². The summed E-state index contributed by atoms with van der Waals surface area (Å²) in [6.07, 6.45) is 0.0754. The molecule has 0 saturated carbocycles. The van der Waals surface area contributed by atoms with E-state index in [4.69, 9.17) is 14.3 Å². The molecule has 0 radical (unpaired) electrons. The number of carbonyl (C=O) groups is 3. The van der Waals surface area contributed by atoms with Crippen LogP contribution in [0.2, 0.25) is 0 Å². The molecular weight excluding hydrogens is 382 g/mol. The molecule has 0 bridgehead atoms. The summed E-state index contributed by atoms with van der Waals surface area (Å²) in [6, 6.07) is 6.34. The second-order valence-corrected chi connectivity index (χ2v) is 6.35. The lowest BCUT2D eigenvalue weighted by Gasteiger charge is -2.30. The van der Waals surface area contributed by atoms with Crippen LogP contribution in [0.5, 0.6) is 0 Å². The highest BCUT2D eigenvalue weighted by Crippen LogP contribution is 2.17. The van der Waals surface area contributed by atoms with Gasteiger partial charge in [0.2, 0.25) is 0 Å². The van der Waals surface area contributed by atoms with E-state index < -0.39 is 18.0 Å². The van der Waals surface area contributed by atoms with Crippen LogP contribution in [-0.4, -0.2) is 63.9 Å². The number of nitrogens with zero attached hydrogens (tertiary/aromatic N) is 3. The molecule has 1 saturated heterocycles. The van der Waals surface area contributed by atoms with Gasteiger partial charge in [0.15, 0.2) is 0 Å². The average molecular weight is 403 g/mol. The van der Waals surface area contributed by atoms with Crippen LogP contribution in [0.3, 0.4) is 0 Å². The summed E-state index contributed by atoms with van der Waals surface area (Å²) in [7, 11) is 0. The Labute approximate surface area is 166 Å². The molecule has 11 nitrogen and oxygen atoms in total. The standard InChI is InChI=1S/C18H21N5O6/c1-2-28-16(25)11-3-5-12(6-4-11)20-17-22-21-15(29-17)14(24)19-13-7-9-23(10-8-13)18(26)27/h3-6,13H,2,7-10H2,1H3,(H,19,24)(H,20,22)(H,26,27). The fourth-order valence-electron chi connectivity index (χ4n) is 2.86. The van der Waals surface area contributed by atoms with E-state index in [1.165, 1.54) is 4.90 Å². The number of carboxylic acid groups (broad SMARTS) is 1. The SMILES string of the molecule is CCOC(=O)c1ccc(Nc2nnc(C(=O)NC3CCN(C(=O)O)CC3)o2)cc1. The first kappa shape index (κ1) is 20.1. The Morgan fingerprint density at radius 2 is 1.90 bits per heavy atom. The molecule has 154 valence electrons. The van der Waals surface area contributed by atoms with Crippen molar-refractivity contribution in [3.63, 3.8) is 0 Å². The Morgan fingerprint density at radius 1 is 1.21 bits per heavy atom. The van der Waals surface area contributed by atoms with Crippen LogP contribution in [0.15, 0.2) is 28.7 Å². The zero-order chi connectivity index (χ0) is 20.8. The van der Waals surface area contributed by atoms with Gasteiger partial charge in [0.1, 0.15) is 0 Å². The number of hydrogen-bond acceptors (Lipinski definition) is 8. The molecule has 11 heteroatoms. The van der Waals surface area contributed by atoms with Crippen molar-refractivity contribution in [3.8, 4) is 0 Å². The van der Waals surface area contributed by atoms with Gasteiger partial charge in [-0.05, 0) is 44.0 Å². The molecule has 2 aromatic rings. The van der Waals surface area contributed by atoms with E-state index in [-0.39, 0.29) is 17.9 Å². The van der Waals surface area contributed by atoms with Crippen molar-refractivity contribution in [2.45, 2.75) is 25.8 Å². The van der Waals surface area contributed by atoms with Gasteiger partial charge in [-0.1, -0.05) is 5.10 Å². The molecule has 1 aromatic carbocycles. The Kier molecular flexibility index (Phi) is 6.27. The molecule has 29 heavy (non-hydrogen) atoms. The maximum absolute atomic E-state index is 12.3. The predicted molar refractivity (Wildman–Crippen MR) is 100 cm³/mol. The lowest BCUT2D eigenvalue weighted by Crippen LogP contribution is -2.46. The number of esters is 1. The van der Waals surface area contributed by atoms with E-state index in [0.717, 1.165) is 0 Å². The van der Waals surface area contributed by atoms with E-state index in [1.54, 1.807) is 31.2 Å². The smallest absolute Gasteiger partial charge is 0.407 e. The van der Waals surface area contributed by atoms with Crippen molar-refractivity contribution in [3.05, 3.63) is 35.7 Å². The van der Waals surface area contributed by atoms with Crippen molar-refractivity contribution in [1.29, 1.82) is 0 Å². The highest BCUT2D eigenvalue weighted by molar-refractivity contribution is 5.90. The second-order valence-electron chi connectivity index (χ2n) is 6.35. The maximum atomic E-state index is 12.3. The number of carbonyl (C=O) groups excluding carboxylic acids is 2. The highest BCUT2D eigenvalue weighted by Gasteiger charge is 2.25.